The van der Waals surface area contributed by atoms with Crippen LogP contribution in [0.15, 0.2) is 106 Å². The van der Waals surface area contributed by atoms with Gasteiger partial charge < -0.3 is 4.98 Å². The standard InChI is InChI=1S/C28H18ClN5O2/c29-21-10-8-19(9-11-21)22-2-1-3-23(26-31-27-24(16-30-33-27)28(35)32-26)25(22)20-6-4-17(5-7-20)18-12-14-34(36)15-13-18/h1-16,36H,(H,32,35). The summed E-state index contributed by atoms with van der Waals surface area (Å²) in [5, 5.41) is 23.0. The molecule has 8 heteroatoms. The zero-order chi connectivity index (χ0) is 24.6. The van der Waals surface area contributed by atoms with E-state index in [0.29, 0.717) is 21.5 Å². The van der Waals surface area contributed by atoms with Crippen molar-refractivity contribution in [3.8, 4) is 11.1 Å². The summed E-state index contributed by atoms with van der Waals surface area (Å²) in [6.07, 6.45) is 8.26. The highest BCUT2D eigenvalue weighted by Gasteiger charge is 2.08. The van der Waals surface area contributed by atoms with Crippen molar-refractivity contribution in [1.29, 1.82) is 0 Å². The number of hydrogen-bond donors (Lipinski definition) is 2. The minimum absolute atomic E-state index is 0.289. The van der Waals surface area contributed by atoms with Gasteiger partial charge in [0, 0.05) is 27.9 Å². The highest BCUT2D eigenvalue weighted by atomic mass is 35.5. The third-order valence-electron chi connectivity index (χ3n) is 6.07. The van der Waals surface area contributed by atoms with Crippen LogP contribution in [0.25, 0.3) is 22.9 Å². The molecule has 0 saturated heterocycles. The van der Waals surface area contributed by atoms with E-state index >= 15 is 0 Å². The van der Waals surface area contributed by atoms with E-state index in [1.807, 2.05) is 78.9 Å². The van der Waals surface area contributed by atoms with Gasteiger partial charge in [0.2, 0.25) is 0 Å². The molecule has 7 nitrogen and oxygen atoms in total. The van der Waals surface area contributed by atoms with Gasteiger partial charge in [0.1, 0.15) is 10.7 Å². The molecular weight excluding hydrogens is 474 g/mol. The van der Waals surface area contributed by atoms with E-state index in [4.69, 9.17) is 11.6 Å². The number of azo groups is 1. The van der Waals surface area contributed by atoms with Crippen LogP contribution >= 0.6 is 11.6 Å². The SMILES string of the molecule is O=c1[nH]c(=c2cccc(-c3ccc(Cl)cc3)c2=c2ccc(=C3C=CN(O)C=C3)cc2)nc2c1=CN=N2. The van der Waals surface area contributed by atoms with E-state index in [0.717, 1.165) is 42.6 Å². The number of aromatic amines is 1. The van der Waals surface area contributed by atoms with Crippen molar-refractivity contribution in [3.63, 3.8) is 0 Å². The average molecular weight is 492 g/mol. The Morgan fingerprint density at radius 2 is 1.61 bits per heavy atom. The van der Waals surface area contributed by atoms with Gasteiger partial charge >= 0.3 is 0 Å². The van der Waals surface area contributed by atoms with Gasteiger partial charge in [-0.3, -0.25) is 10.0 Å². The molecule has 0 aliphatic carbocycles. The molecule has 3 heterocycles. The predicted molar refractivity (Wildman–Crippen MR) is 137 cm³/mol. The molecule has 4 aromatic rings. The lowest BCUT2D eigenvalue weighted by molar-refractivity contribution is 0.0109. The summed E-state index contributed by atoms with van der Waals surface area (Å²) in [4.78, 5) is 20.2. The van der Waals surface area contributed by atoms with Crippen LogP contribution in [0.2, 0.25) is 5.02 Å². The second kappa shape index (κ2) is 8.88. The fourth-order valence-electron chi connectivity index (χ4n) is 4.30. The maximum Gasteiger partial charge on any atom is 0.262 e. The first-order chi connectivity index (χ1) is 17.6. The highest BCUT2D eigenvalue weighted by molar-refractivity contribution is 6.30. The van der Waals surface area contributed by atoms with Crippen molar-refractivity contribution in [3.05, 3.63) is 138 Å². The lowest BCUT2D eigenvalue weighted by atomic mass is 9.99. The van der Waals surface area contributed by atoms with Crippen molar-refractivity contribution < 1.29 is 5.21 Å². The molecule has 0 atom stereocenters. The molecule has 0 fully saturated rings. The Labute approximate surface area is 209 Å². The monoisotopic (exact) mass is 491 g/mol. The van der Waals surface area contributed by atoms with Gasteiger partial charge in [0.25, 0.3) is 5.56 Å². The molecule has 0 spiro atoms. The molecule has 1 aromatic heterocycles. The molecule has 0 bridgehead atoms. The lowest BCUT2D eigenvalue weighted by Gasteiger charge is -2.09. The van der Waals surface area contributed by atoms with Crippen LogP contribution in [0.5, 0.6) is 0 Å². The first-order valence-electron chi connectivity index (χ1n) is 11.2. The van der Waals surface area contributed by atoms with Crippen LogP contribution in [0.3, 0.4) is 0 Å². The number of rotatable bonds is 1. The summed E-state index contributed by atoms with van der Waals surface area (Å²) < 4.78 is 0. The summed E-state index contributed by atoms with van der Waals surface area (Å²) in [7, 11) is 0. The first-order valence-corrected chi connectivity index (χ1v) is 11.5. The molecule has 36 heavy (non-hydrogen) atoms. The van der Waals surface area contributed by atoms with Gasteiger partial charge in [-0.15, -0.1) is 5.11 Å². The molecule has 0 unspecified atom stereocenters. The van der Waals surface area contributed by atoms with Gasteiger partial charge in [-0.1, -0.05) is 66.2 Å². The van der Waals surface area contributed by atoms with E-state index in [2.05, 4.69) is 20.2 Å². The first kappa shape index (κ1) is 21.9. The number of nitrogens with one attached hydrogen (secondary N) is 1. The Bertz CT molecular complexity index is 1960. The quantitative estimate of drug-likeness (QED) is 0.413. The molecule has 2 aliphatic rings. The van der Waals surface area contributed by atoms with Gasteiger partial charge in [-0.05, 0) is 51.4 Å². The predicted octanol–water partition coefficient (Wildman–Crippen LogP) is 4.38. The number of halogens is 1. The van der Waals surface area contributed by atoms with Crippen LogP contribution in [0, 0.1) is 21.1 Å². The second-order valence-corrected chi connectivity index (χ2v) is 8.71. The number of allylic oxidation sites excluding steroid dienone is 2. The summed E-state index contributed by atoms with van der Waals surface area (Å²) in [5.74, 6) is 0.303. The van der Waals surface area contributed by atoms with E-state index in [1.165, 1.54) is 6.20 Å². The van der Waals surface area contributed by atoms with Crippen molar-refractivity contribution in [2.75, 3.05) is 0 Å². The van der Waals surface area contributed by atoms with Crippen LogP contribution in [0.4, 0.5) is 5.82 Å². The maximum absolute atomic E-state index is 12.7. The highest BCUT2D eigenvalue weighted by Crippen LogP contribution is 2.24. The van der Waals surface area contributed by atoms with Gasteiger partial charge in [-0.25, -0.2) is 10.0 Å². The number of hydrogen-bond acceptors (Lipinski definition) is 6. The Balaban J connectivity index is 1.76. The van der Waals surface area contributed by atoms with E-state index in [9.17, 15) is 10.0 Å². The molecule has 0 amide bonds. The van der Waals surface area contributed by atoms with Gasteiger partial charge in [0.05, 0.1) is 6.20 Å². The number of nitrogens with zero attached hydrogens (tertiary/aromatic N) is 4. The average Bonchev–Trinajstić information content (AvgIpc) is 3.39. The molecule has 0 radical (unpaired) electrons. The van der Waals surface area contributed by atoms with Gasteiger partial charge in [-0.2, -0.15) is 5.11 Å². The minimum atomic E-state index is -0.289. The fourth-order valence-corrected chi connectivity index (χ4v) is 4.43. The summed E-state index contributed by atoms with van der Waals surface area (Å²) >= 11 is 6.15. The molecule has 2 aliphatic heterocycles. The van der Waals surface area contributed by atoms with Crippen LogP contribution in [0.1, 0.15) is 0 Å². The van der Waals surface area contributed by atoms with Crippen LogP contribution in [-0.2, 0) is 0 Å². The van der Waals surface area contributed by atoms with E-state index in [-0.39, 0.29) is 5.56 Å². The molecule has 174 valence electrons. The molecular formula is C28H18ClN5O2. The summed E-state index contributed by atoms with van der Waals surface area (Å²) in [6, 6.07) is 21.7. The van der Waals surface area contributed by atoms with Gasteiger partial charge in [0.15, 0.2) is 5.82 Å². The number of H-pyrrole nitrogens is 1. The zero-order valence-electron chi connectivity index (χ0n) is 18.8. The Kier molecular flexibility index (Phi) is 5.41. The summed E-state index contributed by atoms with van der Waals surface area (Å²) in [5.41, 5.74) is 3.05. The number of hydroxylamine groups is 2. The van der Waals surface area contributed by atoms with Crippen molar-refractivity contribution >= 4 is 29.2 Å². The smallest absolute Gasteiger partial charge is 0.262 e. The molecule has 0 saturated carbocycles. The Morgan fingerprint density at radius 1 is 0.889 bits per heavy atom. The molecule has 6 rings (SSSR count). The fraction of sp³-hybridized carbons (Fsp3) is 0. The molecule has 3 aromatic carbocycles. The Morgan fingerprint density at radius 3 is 2.36 bits per heavy atom. The topological polar surface area (TPSA) is 93.9 Å². The second-order valence-electron chi connectivity index (χ2n) is 8.28. The van der Waals surface area contributed by atoms with Crippen molar-refractivity contribution in [2.45, 2.75) is 0 Å². The normalized spacial score (nSPS) is 14.7. The van der Waals surface area contributed by atoms with E-state index in [1.54, 1.807) is 12.4 Å². The number of fused-ring (bicyclic) bond motifs is 1. The number of benzene rings is 3. The third kappa shape index (κ3) is 3.96. The Hall–Kier alpha value is -4.59. The van der Waals surface area contributed by atoms with E-state index < -0.39 is 0 Å². The summed E-state index contributed by atoms with van der Waals surface area (Å²) in [6.45, 7) is 0. The zero-order valence-corrected chi connectivity index (χ0v) is 19.5. The minimum Gasteiger partial charge on any atom is -0.306 e. The van der Waals surface area contributed by atoms with Crippen LogP contribution in [-0.4, -0.2) is 20.2 Å². The lowest BCUT2D eigenvalue weighted by Crippen LogP contribution is -2.27. The van der Waals surface area contributed by atoms with Crippen molar-refractivity contribution in [1.82, 2.24) is 15.0 Å². The number of aromatic nitrogens is 2. The van der Waals surface area contributed by atoms with Crippen LogP contribution < -0.4 is 16.0 Å². The maximum atomic E-state index is 12.7. The van der Waals surface area contributed by atoms with Crippen molar-refractivity contribution in [2.24, 2.45) is 10.2 Å². The molecule has 2 N–H and O–H groups in total. The third-order valence-corrected chi connectivity index (χ3v) is 6.32. The largest absolute Gasteiger partial charge is 0.306 e.